The van der Waals surface area contributed by atoms with Crippen LogP contribution in [0.15, 0.2) is 59.1 Å². The topological polar surface area (TPSA) is 144 Å². The maximum absolute atomic E-state index is 12.1. The Morgan fingerprint density at radius 3 is 2.73 bits per heavy atom. The van der Waals surface area contributed by atoms with E-state index in [0.717, 1.165) is 0 Å². The Morgan fingerprint density at radius 2 is 1.94 bits per heavy atom. The number of ether oxygens (including phenoxy) is 1. The van der Waals surface area contributed by atoms with Crippen LogP contribution in [0.1, 0.15) is 16.1 Å². The van der Waals surface area contributed by atoms with Crippen LogP contribution in [0.2, 0.25) is 0 Å². The minimum atomic E-state index is -0.287. The highest BCUT2D eigenvalue weighted by Gasteiger charge is 2.17. The molecule has 4 rings (SSSR count). The molecule has 0 bridgehead atoms. The number of aryl methyl sites for hydroxylation is 1. The van der Waals surface area contributed by atoms with Gasteiger partial charge in [-0.3, -0.25) is 9.59 Å². The van der Waals surface area contributed by atoms with Crippen molar-refractivity contribution in [2.24, 2.45) is 5.73 Å². The van der Waals surface area contributed by atoms with Crippen molar-refractivity contribution < 1.29 is 18.7 Å². The highest BCUT2D eigenvalue weighted by Crippen LogP contribution is 2.31. The number of carbonyl (C=O) groups is 2. The molecule has 0 aliphatic heterocycles. The van der Waals surface area contributed by atoms with Gasteiger partial charge in [-0.25, -0.2) is 4.98 Å². The van der Waals surface area contributed by atoms with Crippen LogP contribution in [-0.4, -0.2) is 35.4 Å². The molecule has 2 aromatic heterocycles. The van der Waals surface area contributed by atoms with E-state index in [1.807, 2.05) is 6.07 Å². The van der Waals surface area contributed by atoms with Gasteiger partial charge in [0, 0.05) is 42.1 Å². The van der Waals surface area contributed by atoms with Crippen molar-refractivity contribution in [2.45, 2.75) is 6.92 Å². The third kappa shape index (κ3) is 4.91. The first-order valence-electron chi connectivity index (χ1n) is 10.1. The van der Waals surface area contributed by atoms with E-state index >= 15 is 0 Å². The van der Waals surface area contributed by atoms with Crippen LogP contribution < -0.4 is 26.4 Å². The van der Waals surface area contributed by atoms with E-state index < -0.39 is 0 Å². The second kappa shape index (κ2) is 9.37. The predicted molar refractivity (Wildman–Crippen MR) is 124 cm³/mol. The first kappa shape index (κ1) is 21.8. The zero-order valence-corrected chi connectivity index (χ0v) is 18.0. The third-order valence-corrected chi connectivity index (χ3v) is 4.73. The molecule has 5 N–H and O–H groups in total. The molecular formula is C23H22N6O4. The number of rotatable bonds is 7. The van der Waals surface area contributed by atoms with Gasteiger partial charge in [-0.2, -0.15) is 4.98 Å². The number of aromatic nitrogens is 2. The summed E-state index contributed by atoms with van der Waals surface area (Å²) in [6.07, 6.45) is 1.56. The van der Waals surface area contributed by atoms with Crippen molar-refractivity contribution in [2.75, 3.05) is 24.2 Å². The van der Waals surface area contributed by atoms with Crippen molar-refractivity contribution in [3.63, 3.8) is 0 Å². The second-order valence-corrected chi connectivity index (χ2v) is 7.05. The van der Waals surface area contributed by atoms with Crippen molar-refractivity contribution >= 4 is 40.1 Å². The highest BCUT2D eigenvalue weighted by atomic mass is 16.5. The zero-order valence-electron chi connectivity index (χ0n) is 18.0. The van der Waals surface area contributed by atoms with Crippen LogP contribution in [0.5, 0.6) is 11.6 Å². The lowest BCUT2D eigenvalue weighted by Gasteiger charge is -2.09. The molecule has 0 fully saturated rings. The Bertz CT molecular complexity index is 1330. The summed E-state index contributed by atoms with van der Waals surface area (Å²) in [7, 11) is 1.57. The molecule has 10 nitrogen and oxygen atoms in total. The summed E-state index contributed by atoms with van der Waals surface area (Å²) >= 11 is 0. The van der Waals surface area contributed by atoms with E-state index in [9.17, 15) is 9.59 Å². The van der Waals surface area contributed by atoms with E-state index in [-0.39, 0.29) is 18.4 Å². The van der Waals surface area contributed by atoms with Gasteiger partial charge in [-0.15, -0.1) is 0 Å². The summed E-state index contributed by atoms with van der Waals surface area (Å²) in [5, 5.41) is 9.08. The number of hydrogen-bond donors (Lipinski definition) is 4. The monoisotopic (exact) mass is 446 g/mol. The van der Waals surface area contributed by atoms with Gasteiger partial charge in [0.2, 0.25) is 17.7 Å². The Labute approximate surface area is 189 Å². The smallest absolute Gasteiger partial charge is 0.255 e. The molecule has 2 aromatic carbocycles. The molecule has 2 heterocycles. The molecule has 168 valence electrons. The third-order valence-electron chi connectivity index (χ3n) is 4.73. The molecule has 0 atom stereocenters. The van der Waals surface area contributed by atoms with Gasteiger partial charge in [0.1, 0.15) is 17.1 Å². The van der Waals surface area contributed by atoms with Gasteiger partial charge in [0.25, 0.3) is 5.91 Å². The predicted octanol–water partition coefficient (Wildman–Crippen LogP) is 3.32. The summed E-state index contributed by atoms with van der Waals surface area (Å²) in [6.45, 7) is 1.64. The first-order valence-corrected chi connectivity index (χ1v) is 10.1. The molecule has 4 aromatic rings. The number of nitrogens with one attached hydrogen (secondary N) is 3. The SMILES string of the molecule is CNC(=O)c1c(C)oc2cc(Oc3ccnc(Nc4cccc(NC(=O)CN)c4)n3)ccc12. The number of anilines is 3. The van der Waals surface area contributed by atoms with Gasteiger partial charge < -0.3 is 30.8 Å². The second-order valence-electron chi connectivity index (χ2n) is 7.05. The van der Waals surface area contributed by atoms with Crippen LogP contribution in [0.3, 0.4) is 0 Å². The summed E-state index contributed by atoms with van der Waals surface area (Å²) < 4.78 is 11.6. The van der Waals surface area contributed by atoms with Crippen LogP contribution in [0.4, 0.5) is 17.3 Å². The summed E-state index contributed by atoms with van der Waals surface area (Å²) in [6, 6.07) is 13.9. The molecular weight excluding hydrogens is 424 g/mol. The lowest BCUT2D eigenvalue weighted by atomic mass is 10.1. The fraction of sp³-hybridized carbons (Fsp3) is 0.130. The van der Waals surface area contributed by atoms with E-state index in [1.54, 1.807) is 62.6 Å². The summed E-state index contributed by atoms with van der Waals surface area (Å²) in [5.74, 6) is 1.15. The van der Waals surface area contributed by atoms with Crippen LogP contribution >= 0.6 is 0 Å². The fourth-order valence-corrected chi connectivity index (χ4v) is 3.27. The standard InChI is InChI=1S/C23H22N6O4/c1-13-21(22(31)25-2)17-7-6-16(11-18(17)32-13)33-20-8-9-26-23(29-20)28-15-5-3-4-14(10-15)27-19(30)12-24/h3-11H,12,24H2,1-2H3,(H,25,31)(H,27,30)(H,26,28,29). The van der Waals surface area contributed by atoms with Crippen molar-refractivity contribution in [1.82, 2.24) is 15.3 Å². The molecule has 0 saturated carbocycles. The maximum atomic E-state index is 12.1. The Kier molecular flexibility index (Phi) is 6.18. The maximum Gasteiger partial charge on any atom is 0.255 e. The lowest BCUT2D eigenvalue weighted by Crippen LogP contribution is -2.21. The molecule has 0 aliphatic rings. The number of carbonyl (C=O) groups excluding carboxylic acids is 2. The molecule has 2 amide bonds. The van der Waals surface area contributed by atoms with Crippen molar-refractivity contribution in [3.8, 4) is 11.6 Å². The minimum Gasteiger partial charge on any atom is -0.460 e. The number of furan rings is 1. The van der Waals surface area contributed by atoms with Crippen LogP contribution in [0, 0.1) is 6.92 Å². The number of nitrogens with zero attached hydrogens (tertiary/aromatic N) is 2. The van der Waals surface area contributed by atoms with Gasteiger partial charge in [-0.1, -0.05) is 6.07 Å². The van der Waals surface area contributed by atoms with Crippen molar-refractivity contribution in [3.05, 3.63) is 66.1 Å². The first-order chi connectivity index (χ1) is 16.0. The number of benzene rings is 2. The molecule has 0 radical (unpaired) electrons. The highest BCUT2D eigenvalue weighted by molar-refractivity contribution is 6.07. The van der Waals surface area contributed by atoms with Gasteiger partial charge in [0.05, 0.1) is 12.1 Å². The largest absolute Gasteiger partial charge is 0.460 e. The van der Waals surface area contributed by atoms with Gasteiger partial charge in [0.15, 0.2) is 0 Å². The average Bonchev–Trinajstić information content (AvgIpc) is 3.14. The van der Waals surface area contributed by atoms with E-state index in [4.69, 9.17) is 14.9 Å². The number of hydrogen-bond acceptors (Lipinski definition) is 8. The van der Waals surface area contributed by atoms with E-state index in [0.29, 0.717) is 51.2 Å². The molecule has 0 unspecified atom stereocenters. The molecule has 0 aliphatic carbocycles. The molecule has 33 heavy (non-hydrogen) atoms. The quantitative estimate of drug-likeness (QED) is 0.338. The number of amides is 2. The lowest BCUT2D eigenvalue weighted by molar-refractivity contribution is -0.114. The summed E-state index contributed by atoms with van der Waals surface area (Å²) in [4.78, 5) is 32.2. The zero-order chi connectivity index (χ0) is 23.4. The molecule has 0 saturated heterocycles. The number of nitrogens with two attached hydrogens (primary N) is 1. The fourth-order valence-electron chi connectivity index (χ4n) is 3.27. The van der Waals surface area contributed by atoms with Crippen LogP contribution in [-0.2, 0) is 4.79 Å². The molecule has 0 spiro atoms. The Hall–Kier alpha value is -4.44. The Balaban J connectivity index is 1.52. The van der Waals surface area contributed by atoms with Gasteiger partial charge >= 0.3 is 0 Å². The summed E-state index contributed by atoms with van der Waals surface area (Å²) in [5.41, 5.74) is 7.64. The van der Waals surface area contributed by atoms with E-state index in [1.165, 1.54) is 0 Å². The Morgan fingerprint density at radius 1 is 1.12 bits per heavy atom. The van der Waals surface area contributed by atoms with Crippen molar-refractivity contribution in [1.29, 1.82) is 0 Å². The minimum absolute atomic E-state index is 0.101. The average molecular weight is 446 g/mol. The molecule has 10 heteroatoms. The van der Waals surface area contributed by atoms with Gasteiger partial charge in [-0.05, 0) is 37.3 Å². The van der Waals surface area contributed by atoms with Crippen LogP contribution in [0.25, 0.3) is 11.0 Å². The van der Waals surface area contributed by atoms with E-state index in [2.05, 4.69) is 25.9 Å². The number of fused-ring (bicyclic) bond motifs is 1. The normalized spacial score (nSPS) is 10.6.